The summed E-state index contributed by atoms with van der Waals surface area (Å²) in [6.07, 6.45) is 1.36. The molecule has 0 aliphatic heterocycles. The van der Waals surface area contributed by atoms with Crippen LogP contribution in [0.5, 0.6) is 5.75 Å². The Kier molecular flexibility index (Phi) is 13.9. The number of carbonyl (C=O) groups excluding carboxylic acids is 3. The topological polar surface area (TPSA) is 177 Å². The first-order chi connectivity index (χ1) is 21.7. The molecule has 0 aliphatic rings. The normalized spacial score (nSPS) is 11.4. The molecule has 0 saturated carbocycles. The number of anilines is 3. The Morgan fingerprint density at radius 3 is 2.38 bits per heavy atom. The Labute approximate surface area is 261 Å². The molecule has 0 saturated heterocycles. The highest BCUT2D eigenvalue weighted by Crippen LogP contribution is 2.26. The summed E-state index contributed by atoms with van der Waals surface area (Å²) in [5.41, 5.74) is 3.36. The second-order valence-corrected chi connectivity index (χ2v) is 10.1. The Morgan fingerprint density at radius 2 is 1.69 bits per heavy atom. The molecule has 0 bridgehead atoms. The molecule has 13 heteroatoms. The number of urea groups is 1. The SMILES string of the molecule is COCCOCC(=O)CNC(CC(=O)O)c1ccc(NCC(=O)Cc2ccc(NC(=O)Nc3ccccc3C)c(OC)c2)nc1. The number of aromatic nitrogens is 1. The zero-order valence-corrected chi connectivity index (χ0v) is 25.6. The van der Waals surface area contributed by atoms with Crippen LogP contribution in [0, 0.1) is 6.92 Å². The van der Waals surface area contributed by atoms with Crippen LogP contribution in [0.25, 0.3) is 0 Å². The van der Waals surface area contributed by atoms with Crippen LogP contribution in [0.4, 0.5) is 22.0 Å². The number of rotatable bonds is 19. The molecule has 3 aromatic rings. The maximum absolute atomic E-state index is 12.7. The summed E-state index contributed by atoms with van der Waals surface area (Å²) in [4.78, 5) is 53.0. The van der Waals surface area contributed by atoms with Crippen LogP contribution >= 0.6 is 0 Å². The summed E-state index contributed by atoms with van der Waals surface area (Å²) in [6.45, 7) is 2.38. The molecule has 0 radical (unpaired) electrons. The van der Waals surface area contributed by atoms with E-state index in [-0.39, 0.29) is 50.7 Å². The number of methoxy groups -OCH3 is 2. The lowest BCUT2D eigenvalue weighted by Gasteiger charge is -2.17. The van der Waals surface area contributed by atoms with E-state index in [0.717, 1.165) is 5.56 Å². The zero-order chi connectivity index (χ0) is 32.6. The number of pyridine rings is 1. The average molecular weight is 622 g/mol. The lowest BCUT2D eigenvalue weighted by Crippen LogP contribution is -2.31. The van der Waals surface area contributed by atoms with Crippen LogP contribution in [0.15, 0.2) is 60.8 Å². The molecule has 2 amide bonds. The van der Waals surface area contributed by atoms with E-state index in [4.69, 9.17) is 14.2 Å². The van der Waals surface area contributed by atoms with Gasteiger partial charge in [0, 0.05) is 31.5 Å². The highest BCUT2D eigenvalue weighted by atomic mass is 16.5. The smallest absolute Gasteiger partial charge is 0.323 e. The Morgan fingerprint density at radius 1 is 0.911 bits per heavy atom. The second kappa shape index (κ2) is 18.1. The molecule has 1 heterocycles. The van der Waals surface area contributed by atoms with Crippen LogP contribution in [0.1, 0.15) is 29.2 Å². The first-order valence-corrected chi connectivity index (χ1v) is 14.2. The highest BCUT2D eigenvalue weighted by Gasteiger charge is 2.18. The lowest BCUT2D eigenvalue weighted by atomic mass is 10.1. The number of hydrogen-bond donors (Lipinski definition) is 5. The van der Waals surface area contributed by atoms with Gasteiger partial charge in [-0.2, -0.15) is 0 Å². The van der Waals surface area contributed by atoms with Gasteiger partial charge >= 0.3 is 12.0 Å². The van der Waals surface area contributed by atoms with Crippen LogP contribution in [-0.4, -0.2) is 80.8 Å². The number of carboxylic acids is 1. The van der Waals surface area contributed by atoms with Crippen molar-refractivity contribution >= 4 is 40.8 Å². The fourth-order valence-corrected chi connectivity index (χ4v) is 4.23. The van der Waals surface area contributed by atoms with Crippen molar-refractivity contribution in [2.24, 2.45) is 0 Å². The van der Waals surface area contributed by atoms with Gasteiger partial charge in [0.15, 0.2) is 11.6 Å². The number of aryl methyl sites for hydroxylation is 1. The van der Waals surface area contributed by atoms with E-state index in [1.165, 1.54) is 20.4 Å². The third-order valence-electron chi connectivity index (χ3n) is 6.58. The predicted molar refractivity (Wildman–Crippen MR) is 169 cm³/mol. The standard InChI is InChI=1S/C32H39N5O8/c1-21-6-4-5-7-26(21)36-32(42)37-27-10-8-22(15-29(27)44-3)14-24(38)18-35-30-11-9-23(17-34-30)28(16-31(40)41)33-19-25(39)20-45-13-12-43-2/h4-11,15,17,28,33H,12-14,16,18-20H2,1-3H3,(H,34,35)(H,40,41)(H2,36,37,42). The van der Waals surface area contributed by atoms with Gasteiger partial charge in [0.2, 0.25) is 0 Å². The monoisotopic (exact) mass is 621 g/mol. The van der Waals surface area contributed by atoms with Crippen molar-refractivity contribution in [2.75, 3.05) is 63.1 Å². The number of hydrogen-bond acceptors (Lipinski definition) is 10. The molecule has 2 aromatic carbocycles. The fraction of sp³-hybridized carbons (Fsp3) is 0.344. The first kappa shape index (κ1) is 34.6. The largest absolute Gasteiger partial charge is 0.495 e. The maximum atomic E-state index is 12.7. The molecule has 240 valence electrons. The Bertz CT molecular complexity index is 1450. The van der Waals surface area contributed by atoms with Gasteiger partial charge in [-0.05, 0) is 47.9 Å². The Balaban J connectivity index is 1.51. The van der Waals surface area contributed by atoms with E-state index in [9.17, 15) is 24.3 Å². The van der Waals surface area contributed by atoms with E-state index in [2.05, 4.69) is 26.3 Å². The molecule has 13 nitrogen and oxygen atoms in total. The van der Waals surface area contributed by atoms with Crippen molar-refractivity contribution in [3.8, 4) is 5.75 Å². The van der Waals surface area contributed by atoms with Gasteiger partial charge in [0.1, 0.15) is 18.2 Å². The van der Waals surface area contributed by atoms with Crippen molar-refractivity contribution in [3.63, 3.8) is 0 Å². The molecular formula is C32H39N5O8. The van der Waals surface area contributed by atoms with Gasteiger partial charge in [0.05, 0.1) is 45.5 Å². The zero-order valence-electron chi connectivity index (χ0n) is 25.6. The number of carbonyl (C=O) groups is 4. The predicted octanol–water partition coefficient (Wildman–Crippen LogP) is 3.60. The van der Waals surface area contributed by atoms with Crippen molar-refractivity contribution in [3.05, 3.63) is 77.5 Å². The lowest BCUT2D eigenvalue weighted by molar-refractivity contribution is -0.138. The third-order valence-corrected chi connectivity index (χ3v) is 6.58. The number of nitrogens with one attached hydrogen (secondary N) is 4. The van der Waals surface area contributed by atoms with Gasteiger partial charge in [-0.15, -0.1) is 0 Å². The van der Waals surface area contributed by atoms with E-state index in [1.54, 1.807) is 36.4 Å². The van der Waals surface area contributed by atoms with E-state index in [0.29, 0.717) is 40.7 Å². The minimum atomic E-state index is -1.03. The van der Waals surface area contributed by atoms with Gasteiger partial charge in [-0.3, -0.25) is 14.4 Å². The number of carboxylic acid groups (broad SMARTS) is 1. The first-order valence-electron chi connectivity index (χ1n) is 14.2. The van der Waals surface area contributed by atoms with Crippen molar-refractivity contribution in [1.29, 1.82) is 0 Å². The van der Waals surface area contributed by atoms with Crippen LogP contribution < -0.4 is 26.0 Å². The maximum Gasteiger partial charge on any atom is 0.323 e. The summed E-state index contributed by atoms with van der Waals surface area (Å²) in [7, 11) is 3.01. The van der Waals surface area contributed by atoms with Crippen LogP contribution in [0.3, 0.4) is 0 Å². The minimum absolute atomic E-state index is 0.00186. The molecule has 5 N–H and O–H groups in total. The quantitative estimate of drug-likeness (QED) is 0.124. The molecular weight excluding hydrogens is 582 g/mol. The molecule has 1 aromatic heterocycles. The molecule has 0 spiro atoms. The molecule has 3 rings (SSSR count). The van der Waals surface area contributed by atoms with Crippen molar-refractivity contribution in [2.45, 2.75) is 25.8 Å². The van der Waals surface area contributed by atoms with Gasteiger partial charge in [0.25, 0.3) is 0 Å². The molecule has 45 heavy (non-hydrogen) atoms. The van der Waals surface area contributed by atoms with Crippen molar-refractivity contribution in [1.82, 2.24) is 10.3 Å². The van der Waals surface area contributed by atoms with E-state index in [1.807, 2.05) is 25.1 Å². The number of benzene rings is 2. The number of para-hydroxylation sites is 1. The highest BCUT2D eigenvalue weighted by molar-refractivity contribution is 6.01. The summed E-state index contributed by atoms with van der Waals surface area (Å²) in [5, 5.41) is 20.8. The number of aliphatic carboxylic acids is 1. The average Bonchev–Trinajstić information content (AvgIpc) is 3.02. The third kappa shape index (κ3) is 12.0. The molecule has 0 fully saturated rings. The summed E-state index contributed by atoms with van der Waals surface area (Å²) >= 11 is 0. The summed E-state index contributed by atoms with van der Waals surface area (Å²) in [6, 6.07) is 14.8. The number of amides is 2. The number of ketones is 2. The number of ether oxygens (including phenoxy) is 3. The summed E-state index contributed by atoms with van der Waals surface area (Å²) in [5.74, 6) is -0.526. The number of nitrogens with zero attached hydrogens (tertiary/aromatic N) is 1. The van der Waals surface area contributed by atoms with Crippen LogP contribution in [0.2, 0.25) is 0 Å². The molecule has 1 unspecified atom stereocenters. The van der Waals surface area contributed by atoms with E-state index >= 15 is 0 Å². The second-order valence-electron chi connectivity index (χ2n) is 10.1. The van der Waals surface area contributed by atoms with Gasteiger partial charge in [-0.1, -0.05) is 30.3 Å². The fourth-order valence-electron chi connectivity index (χ4n) is 4.23. The molecule has 0 aliphatic carbocycles. The summed E-state index contributed by atoms with van der Waals surface area (Å²) < 4.78 is 15.5. The molecule has 1 atom stereocenters. The number of Topliss-reactive ketones (excluding diaryl/α,β-unsaturated/α-hetero) is 2. The van der Waals surface area contributed by atoms with Gasteiger partial charge in [-0.25, -0.2) is 9.78 Å². The Hall–Kier alpha value is -4.85. The van der Waals surface area contributed by atoms with Crippen LogP contribution in [-0.2, 0) is 30.3 Å². The van der Waals surface area contributed by atoms with Crippen molar-refractivity contribution < 1.29 is 38.5 Å². The minimum Gasteiger partial charge on any atom is -0.495 e. The van der Waals surface area contributed by atoms with E-state index < -0.39 is 18.0 Å². The van der Waals surface area contributed by atoms with Gasteiger partial charge < -0.3 is 40.6 Å².